The van der Waals surface area contributed by atoms with Crippen molar-refractivity contribution in [2.24, 2.45) is 5.92 Å². The van der Waals surface area contributed by atoms with Gasteiger partial charge >= 0.3 is 0 Å². The number of nitrogen functional groups attached to an aromatic ring is 1. The number of rotatable bonds is 8. The van der Waals surface area contributed by atoms with E-state index in [1.807, 2.05) is 54.6 Å². The van der Waals surface area contributed by atoms with E-state index in [9.17, 15) is 0 Å². The number of hydrogen-bond donors (Lipinski definition) is 3. The Kier molecular flexibility index (Phi) is 6.10. The van der Waals surface area contributed by atoms with Crippen LogP contribution in [-0.2, 0) is 0 Å². The first-order valence-corrected chi connectivity index (χ1v) is 9.06. The summed E-state index contributed by atoms with van der Waals surface area (Å²) in [5, 5.41) is 6.50. The summed E-state index contributed by atoms with van der Waals surface area (Å²) in [6.07, 6.45) is 2.55. The SMILES string of the molecule is CC(C)CCNc1ncnc(Nc2ccc(Oc3ccccc3)cc2)c1N. The van der Waals surface area contributed by atoms with E-state index in [4.69, 9.17) is 10.5 Å². The average molecular weight is 363 g/mol. The summed E-state index contributed by atoms with van der Waals surface area (Å²) in [5.74, 6) is 3.41. The lowest BCUT2D eigenvalue weighted by Crippen LogP contribution is -2.10. The van der Waals surface area contributed by atoms with Gasteiger partial charge in [-0.2, -0.15) is 0 Å². The maximum Gasteiger partial charge on any atom is 0.159 e. The summed E-state index contributed by atoms with van der Waals surface area (Å²) in [5.41, 5.74) is 7.58. The van der Waals surface area contributed by atoms with Crippen LogP contribution in [0.1, 0.15) is 20.3 Å². The van der Waals surface area contributed by atoms with Crippen molar-refractivity contribution >= 4 is 23.0 Å². The van der Waals surface area contributed by atoms with E-state index in [0.29, 0.717) is 23.2 Å². The molecule has 0 spiro atoms. The molecule has 3 aromatic rings. The molecule has 0 fully saturated rings. The third-order valence-electron chi connectivity index (χ3n) is 3.99. The topological polar surface area (TPSA) is 85.1 Å². The molecule has 0 bridgehead atoms. The third-order valence-corrected chi connectivity index (χ3v) is 3.99. The fourth-order valence-corrected chi connectivity index (χ4v) is 2.48. The van der Waals surface area contributed by atoms with Crippen molar-refractivity contribution in [3.05, 3.63) is 60.9 Å². The summed E-state index contributed by atoms with van der Waals surface area (Å²) >= 11 is 0. The number of aromatic nitrogens is 2. The lowest BCUT2D eigenvalue weighted by molar-refractivity contribution is 0.483. The molecule has 0 saturated carbocycles. The molecule has 0 saturated heterocycles. The fourth-order valence-electron chi connectivity index (χ4n) is 2.48. The molecule has 27 heavy (non-hydrogen) atoms. The van der Waals surface area contributed by atoms with Gasteiger partial charge in [-0.25, -0.2) is 9.97 Å². The van der Waals surface area contributed by atoms with Crippen LogP contribution in [-0.4, -0.2) is 16.5 Å². The lowest BCUT2D eigenvalue weighted by atomic mass is 10.1. The number of anilines is 4. The molecule has 4 N–H and O–H groups in total. The van der Waals surface area contributed by atoms with E-state index in [0.717, 1.165) is 30.2 Å². The van der Waals surface area contributed by atoms with Gasteiger partial charge in [0.1, 0.15) is 23.5 Å². The maximum atomic E-state index is 6.21. The number of ether oxygens (including phenoxy) is 1. The zero-order valence-electron chi connectivity index (χ0n) is 15.6. The summed E-state index contributed by atoms with van der Waals surface area (Å²) in [4.78, 5) is 8.48. The lowest BCUT2D eigenvalue weighted by Gasteiger charge is -2.13. The van der Waals surface area contributed by atoms with Crippen LogP contribution < -0.4 is 21.1 Å². The Bertz CT molecular complexity index is 850. The van der Waals surface area contributed by atoms with Gasteiger partial charge in [-0.1, -0.05) is 32.0 Å². The number of para-hydroxylation sites is 1. The molecule has 0 atom stereocenters. The highest BCUT2D eigenvalue weighted by atomic mass is 16.5. The smallest absolute Gasteiger partial charge is 0.159 e. The molecular weight excluding hydrogens is 338 g/mol. The summed E-state index contributed by atoms with van der Waals surface area (Å²) in [6.45, 7) is 5.19. The standard InChI is InChI=1S/C21H25N5O/c1-15(2)12-13-23-20-19(22)21(25-14-24-20)26-16-8-10-18(11-9-16)27-17-6-4-3-5-7-17/h3-11,14-15H,12-13,22H2,1-2H3,(H2,23,24,25,26). The largest absolute Gasteiger partial charge is 0.457 e. The van der Waals surface area contributed by atoms with Crippen molar-refractivity contribution < 1.29 is 4.74 Å². The van der Waals surface area contributed by atoms with Crippen molar-refractivity contribution in [1.29, 1.82) is 0 Å². The van der Waals surface area contributed by atoms with E-state index in [2.05, 4.69) is 34.4 Å². The number of hydrogen-bond acceptors (Lipinski definition) is 6. The first kappa shape index (κ1) is 18.5. The first-order chi connectivity index (χ1) is 13.1. The summed E-state index contributed by atoms with van der Waals surface area (Å²) in [7, 11) is 0. The van der Waals surface area contributed by atoms with E-state index >= 15 is 0 Å². The van der Waals surface area contributed by atoms with Gasteiger partial charge in [0.05, 0.1) is 0 Å². The van der Waals surface area contributed by atoms with Gasteiger partial charge in [-0.15, -0.1) is 0 Å². The minimum atomic E-state index is 0.505. The highest BCUT2D eigenvalue weighted by molar-refractivity contribution is 5.77. The Balaban J connectivity index is 1.64. The Labute approximate surface area is 159 Å². The minimum Gasteiger partial charge on any atom is -0.457 e. The Morgan fingerprint density at radius 3 is 2.30 bits per heavy atom. The van der Waals surface area contributed by atoms with Crippen molar-refractivity contribution in [2.45, 2.75) is 20.3 Å². The molecule has 0 aliphatic carbocycles. The van der Waals surface area contributed by atoms with Crippen molar-refractivity contribution in [3.63, 3.8) is 0 Å². The van der Waals surface area contributed by atoms with Crippen LogP contribution in [0.5, 0.6) is 11.5 Å². The molecule has 2 aromatic carbocycles. The quantitative estimate of drug-likeness (QED) is 0.519. The molecule has 3 rings (SSSR count). The second-order valence-electron chi connectivity index (χ2n) is 6.66. The van der Waals surface area contributed by atoms with E-state index in [1.54, 1.807) is 0 Å². The summed E-state index contributed by atoms with van der Waals surface area (Å²) in [6, 6.07) is 17.3. The molecule has 1 aromatic heterocycles. The predicted octanol–water partition coefficient (Wildman–Crippen LogP) is 5.05. The van der Waals surface area contributed by atoms with Crippen LogP contribution >= 0.6 is 0 Å². The van der Waals surface area contributed by atoms with E-state index < -0.39 is 0 Å². The number of benzene rings is 2. The molecule has 0 aliphatic rings. The van der Waals surface area contributed by atoms with Gasteiger partial charge in [0.2, 0.25) is 0 Å². The van der Waals surface area contributed by atoms with Gasteiger partial charge < -0.3 is 21.1 Å². The fraction of sp³-hybridized carbons (Fsp3) is 0.238. The minimum absolute atomic E-state index is 0.505. The Morgan fingerprint density at radius 2 is 1.59 bits per heavy atom. The predicted molar refractivity (Wildman–Crippen MR) is 111 cm³/mol. The second kappa shape index (κ2) is 8.89. The van der Waals surface area contributed by atoms with E-state index in [1.165, 1.54) is 6.33 Å². The normalized spacial score (nSPS) is 10.6. The number of nitrogens with one attached hydrogen (secondary N) is 2. The van der Waals surface area contributed by atoms with Crippen LogP contribution in [0.2, 0.25) is 0 Å². The van der Waals surface area contributed by atoms with Crippen LogP contribution in [0.25, 0.3) is 0 Å². The molecule has 6 heteroatoms. The molecule has 0 aliphatic heterocycles. The summed E-state index contributed by atoms with van der Waals surface area (Å²) < 4.78 is 5.80. The zero-order valence-corrected chi connectivity index (χ0v) is 15.6. The van der Waals surface area contributed by atoms with Crippen LogP contribution in [0.15, 0.2) is 60.9 Å². The molecule has 0 amide bonds. The van der Waals surface area contributed by atoms with Gasteiger partial charge in [0.25, 0.3) is 0 Å². The maximum absolute atomic E-state index is 6.21. The third kappa shape index (κ3) is 5.34. The van der Waals surface area contributed by atoms with E-state index in [-0.39, 0.29) is 0 Å². The van der Waals surface area contributed by atoms with Gasteiger partial charge in [0, 0.05) is 12.2 Å². The monoisotopic (exact) mass is 363 g/mol. The highest BCUT2D eigenvalue weighted by Gasteiger charge is 2.08. The second-order valence-corrected chi connectivity index (χ2v) is 6.66. The molecular formula is C21H25N5O. The number of nitrogens with zero attached hydrogens (tertiary/aromatic N) is 2. The number of nitrogens with two attached hydrogens (primary N) is 1. The molecule has 0 radical (unpaired) electrons. The average Bonchev–Trinajstić information content (AvgIpc) is 2.67. The zero-order chi connectivity index (χ0) is 19.1. The van der Waals surface area contributed by atoms with Crippen molar-refractivity contribution in [2.75, 3.05) is 22.9 Å². The van der Waals surface area contributed by atoms with Gasteiger partial charge in [-0.3, -0.25) is 0 Å². The molecule has 0 unspecified atom stereocenters. The van der Waals surface area contributed by atoms with Crippen LogP contribution in [0, 0.1) is 5.92 Å². The van der Waals surface area contributed by atoms with Gasteiger partial charge in [-0.05, 0) is 48.7 Å². The van der Waals surface area contributed by atoms with Crippen LogP contribution in [0.4, 0.5) is 23.0 Å². The Morgan fingerprint density at radius 1 is 0.926 bits per heavy atom. The van der Waals surface area contributed by atoms with Crippen molar-refractivity contribution in [3.8, 4) is 11.5 Å². The first-order valence-electron chi connectivity index (χ1n) is 9.06. The van der Waals surface area contributed by atoms with Gasteiger partial charge in [0.15, 0.2) is 11.6 Å². The molecule has 140 valence electrons. The Hall–Kier alpha value is -3.28. The molecule has 6 nitrogen and oxygen atoms in total. The van der Waals surface area contributed by atoms with Crippen LogP contribution in [0.3, 0.4) is 0 Å². The highest BCUT2D eigenvalue weighted by Crippen LogP contribution is 2.28. The van der Waals surface area contributed by atoms with Crippen molar-refractivity contribution in [1.82, 2.24) is 9.97 Å². The molecule has 1 heterocycles.